The van der Waals surface area contributed by atoms with Gasteiger partial charge in [0.25, 0.3) is 0 Å². The van der Waals surface area contributed by atoms with Crippen molar-refractivity contribution in [3.05, 3.63) is 0 Å². The number of ether oxygens (including phenoxy) is 4. The number of esters is 2. The maximum Gasteiger partial charge on any atom is 0.306 e. The second-order valence-electron chi connectivity index (χ2n) is 13.9. The smallest absolute Gasteiger partial charge is 0.306 e. The Balaban J connectivity index is 2.22. The average Bonchev–Trinajstić information content (AvgIpc) is 3.07. The molecular formula is C39H74O8. The SMILES string of the molecule is CCCCCCCCCCCCCCCC(=O)OC[C@H]1O[C@H](OC)[C@@H](O)[C@@H](O)[C@@H]1OC(=O)CCCCCCCCCCCCCCC. The van der Waals surface area contributed by atoms with E-state index < -0.39 is 36.7 Å². The number of carbonyl (C=O) groups is 2. The van der Waals surface area contributed by atoms with E-state index in [2.05, 4.69) is 13.8 Å². The Morgan fingerprint density at radius 1 is 0.532 bits per heavy atom. The molecule has 8 nitrogen and oxygen atoms in total. The maximum atomic E-state index is 12.6. The molecule has 1 rings (SSSR count). The number of methoxy groups -OCH3 is 1. The van der Waals surface area contributed by atoms with Gasteiger partial charge in [0, 0.05) is 20.0 Å². The third kappa shape index (κ3) is 22.9. The number of hydrogen-bond acceptors (Lipinski definition) is 8. The normalized spacial score (nSPS) is 21.2. The molecule has 1 aliphatic heterocycles. The summed E-state index contributed by atoms with van der Waals surface area (Å²) in [5, 5.41) is 21.1. The Kier molecular flexibility index (Phi) is 28.7. The first-order chi connectivity index (χ1) is 22.9. The molecule has 47 heavy (non-hydrogen) atoms. The van der Waals surface area contributed by atoms with E-state index in [1.807, 2.05) is 0 Å². The standard InChI is InChI=1S/C39H74O8/c1-4-6-8-10-12-14-16-18-20-22-24-26-28-30-34(40)45-32-33-38(36(42)37(43)39(44-3)46-33)47-35(41)31-29-27-25-23-21-19-17-15-13-11-9-7-5-2/h33,36-39,42-43H,4-32H2,1-3H3/t33-,36-,37+,38-,39+/m1/s1. The fraction of sp³-hybridized carbons (Fsp3) is 0.949. The molecule has 5 atom stereocenters. The van der Waals surface area contributed by atoms with Crippen LogP contribution < -0.4 is 0 Å². The molecule has 1 saturated heterocycles. The van der Waals surface area contributed by atoms with Gasteiger partial charge in [-0.05, 0) is 12.8 Å². The molecule has 0 saturated carbocycles. The van der Waals surface area contributed by atoms with Gasteiger partial charge in [-0.2, -0.15) is 0 Å². The summed E-state index contributed by atoms with van der Waals surface area (Å²) in [6.45, 7) is 4.32. The van der Waals surface area contributed by atoms with E-state index in [-0.39, 0.29) is 19.0 Å². The minimum absolute atomic E-state index is 0.183. The van der Waals surface area contributed by atoms with Crippen LogP contribution in [0.3, 0.4) is 0 Å². The highest BCUT2D eigenvalue weighted by atomic mass is 16.7. The molecule has 0 bridgehead atoms. The molecule has 0 unspecified atom stereocenters. The second kappa shape index (κ2) is 30.8. The van der Waals surface area contributed by atoms with Crippen LogP contribution in [0.1, 0.15) is 194 Å². The van der Waals surface area contributed by atoms with Crippen molar-refractivity contribution in [3.8, 4) is 0 Å². The molecule has 0 amide bonds. The van der Waals surface area contributed by atoms with Crippen molar-refractivity contribution in [1.82, 2.24) is 0 Å². The van der Waals surface area contributed by atoms with Crippen LogP contribution in [0, 0.1) is 0 Å². The number of aliphatic hydroxyl groups is 2. The molecular weight excluding hydrogens is 596 g/mol. The monoisotopic (exact) mass is 671 g/mol. The third-order valence-electron chi connectivity index (χ3n) is 9.52. The fourth-order valence-corrected chi connectivity index (χ4v) is 6.41. The summed E-state index contributed by atoms with van der Waals surface area (Å²) in [7, 11) is 1.36. The Hall–Kier alpha value is -1.22. The van der Waals surface area contributed by atoms with E-state index in [0.29, 0.717) is 12.8 Å². The zero-order valence-electron chi connectivity index (χ0n) is 30.7. The van der Waals surface area contributed by atoms with Crippen molar-refractivity contribution in [2.45, 2.75) is 224 Å². The lowest BCUT2D eigenvalue weighted by molar-refractivity contribution is -0.297. The minimum Gasteiger partial charge on any atom is -0.463 e. The largest absolute Gasteiger partial charge is 0.463 e. The number of carbonyl (C=O) groups excluding carboxylic acids is 2. The Labute approximate surface area is 288 Å². The van der Waals surface area contributed by atoms with Gasteiger partial charge in [-0.3, -0.25) is 9.59 Å². The molecule has 0 aromatic heterocycles. The maximum absolute atomic E-state index is 12.6. The summed E-state index contributed by atoms with van der Waals surface area (Å²) in [5.74, 6) is -0.796. The van der Waals surface area contributed by atoms with Crippen LogP contribution in [0.15, 0.2) is 0 Å². The highest BCUT2D eigenvalue weighted by Crippen LogP contribution is 2.25. The Bertz CT molecular complexity index is 732. The quantitative estimate of drug-likeness (QED) is 0.0538. The first kappa shape index (κ1) is 43.8. The van der Waals surface area contributed by atoms with Gasteiger partial charge in [-0.1, -0.05) is 168 Å². The first-order valence-corrected chi connectivity index (χ1v) is 19.8. The van der Waals surface area contributed by atoms with Gasteiger partial charge >= 0.3 is 11.9 Å². The first-order valence-electron chi connectivity index (χ1n) is 19.8. The van der Waals surface area contributed by atoms with E-state index in [1.165, 1.54) is 136 Å². The Morgan fingerprint density at radius 2 is 0.894 bits per heavy atom. The zero-order chi connectivity index (χ0) is 34.4. The second-order valence-corrected chi connectivity index (χ2v) is 13.9. The van der Waals surface area contributed by atoms with Crippen LogP contribution >= 0.6 is 0 Å². The predicted octanol–water partition coefficient (Wildman–Crippen LogP) is 9.50. The molecule has 0 spiro atoms. The zero-order valence-corrected chi connectivity index (χ0v) is 30.7. The van der Waals surface area contributed by atoms with Gasteiger partial charge in [0.05, 0.1) is 0 Å². The molecule has 2 N–H and O–H groups in total. The Morgan fingerprint density at radius 3 is 1.28 bits per heavy atom. The van der Waals surface area contributed by atoms with Gasteiger partial charge in [-0.15, -0.1) is 0 Å². The van der Waals surface area contributed by atoms with Crippen LogP contribution in [0.25, 0.3) is 0 Å². The van der Waals surface area contributed by atoms with E-state index in [4.69, 9.17) is 18.9 Å². The van der Waals surface area contributed by atoms with E-state index >= 15 is 0 Å². The topological polar surface area (TPSA) is 112 Å². The van der Waals surface area contributed by atoms with Gasteiger partial charge in [0.1, 0.15) is 24.9 Å². The van der Waals surface area contributed by atoms with E-state index in [9.17, 15) is 19.8 Å². The molecule has 0 radical (unpaired) electrons. The molecule has 0 aromatic carbocycles. The summed E-state index contributed by atoms with van der Waals surface area (Å²) in [5.41, 5.74) is 0. The number of hydrogen-bond donors (Lipinski definition) is 2. The van der Waals surface area contributed by atoms with Crippen molar-refractivity contribution >= 4 is 11.9 Å². The summed E-state index contributed by atoms with van der Waals surface area (Å²) in [6, 6.07) is 0. The highest BCUT2D eigenvalue weighted by molar-refractivity contribution is 5.70. The molecule has 1 fully saturated rings. The molecule has 1 heterocycles. The number of unbranched alkanes of at least 4 members (excludes halogenated alkanes) is 24. The van der Waals surface area contributed by atoms with Crippen molar-refractivity contribution in [3.63, 3.8) is 0 Å². The summed E-state index contributed by atoms with van der Waals surface area (Å²) in [6.07, 6.45) is 26.5. The molecule has 1 aliphatic rings. The van der Waals surface area contributed by atoms with Crippen LogP contribution in [0.5, 0.6) is 0 Å². The number of aliphatic hydroxyl groups excluding tert-OH is 2. The lowest BCUT2D eigenvalue weighted by Crippen LogP contribution is -2.60. The van der Waals surface area contributed by atoms with Crippen molar-refractivity contribution < 1.29 is 38.7 Å². The van der Waals surface area contributed by atoms with Crippen molar-refractivity contribution in [2.24, 2.45) is 0 Å². The summed E-state index contributed by atoms with van der Waals surface area (Å²) in [4.78, 5) is 25.1. The van der Waals surface area contributed by atoms with Crippen LogP contribution in [-0.2, 0) is 28.5 Å². The van der Waals surface area contributed by atoms with Gasteiger partial charge in [-0.25, -0.2) is 0 Å². The summed E-state index contributed by atoms with van der Waals surface area (Å²) < 4.78 is 21.9. The molecule has 0 aliphatic carbocycles. The third-order valence-corrected chi connectivity index (χ3v) is 9.52. The van der Waals surface area contributed by atoms with Gasteiger partial charge in [0.2, 0.25) is 0 Å². The van der Waals surface area contributed by atoms with Crippen LogP contribution in [-0.4, -0.2) is 66.6 Å². The molecule has 8 heteroatoms. The van der Waals surface area contributed by atoms with Crippen LogP contribution in [0.4, 0.5) is 0 Å². The van der Waals surface area contributed by atoms with Crippen molar-refractivity contribution in [2.75, 3.05) is 13.7 Å². The fourth-order valence-electron chi connectivity index (χ4n) is 6.41. The molecule has 278 valence electrons. The van der Waals surface area contributed by atoms with E-state index in [0.717, 1.165) is 32.1 Å². The lowest BCUT2D eigenvalue weighted by Gasteiger charge is -2.41. The minimum atomic E-state index is -1.41. The average molecular weight is 671 g/mol. The number of rotatable bonds is 32. The highest BCUT2D eigenvalue weighted by Gasteiger charge is 2.47. The summed E-state index contributed by atoms with van der Waals surface area (Å²) >= 11 is 0. The van der Waals surface area contributed by atoms with Crippen LogP contribution in [0.2, 0.25) is 0 Å². The predicted molar refractivity (Wildman–Crippen MR) is 189 cm³/mol. The van der Waals surface area contributed by atoms with E-state index in [1.54, 1.807) is 0 Å². The van der Waals surface area contributed by atoms with Gasteiger partial charge in [0.15, 0.2) is 12.4 Å². The lowest BCUT2D eigenvalue weighted by atomic mass is 9.99. The molecule has 0 aromatic rings. The van der Waals surface area contributed by atoms with Crippen molar-refractivity contribution in [1.29, 1.82) is 0 Å². The van der Waals surface area contributed by atoms with Gasteiger partial charge < -0.3 is 29.2 Å².